The standard InChI is InChI=1S/C22H23IN2O3S/c1-4-15-9-7-8-10-17(15)24-22-25(5-2)21(27)19(29-22)13-14-11-16(23)20(26)18(12-14)28-6-3/h7-13,26H,4-6H2,1-3H3/b19-13+,24-22?. The summed E-state index contributed by atoms with van der Waals surface area (Å²) in [5.74, 6) is 0.472. The van der Waals surface area contributed by atoms with Crippen LogP contribution in [0.25, 0.3) is 6.08 Å². The zero-order valence-electron chi connectivity index (χ0n) is 16.6. The molecule has 0 aliphatic carbocycles. The first-order valence-electron chi connectivity index (χ1n) is 9.51. The van der Waals surface area contributed by atoms with E-state index in [9.17, 15) is 9.90 Å². The fourth-order valence-electron chi connectivity index (χ4n) is 2.99. The minimum absolute atomic E-state index is 0.0636. The molecule has 7 heteroatoms. The third-order valence-corrected chi connectivity index (χ3v) is 6.27. The maximum absolute atomic E-state index is 12.9. The van der Waals surface area contributed by atoms with Crippen molar-refractivity contribution in [2.75, 3.05) is 13.2 Å². The van der Waals surface area contributed by atoms with Gasteiger partial charge in [0, 0.05) is 6.54 Å². The molecular weight excluding hydrogens is 499 g/mol. The molecule has 29 heavy (non-hydrogen) atoms. The van der Waals surface area contributed by atoms with E-state index in [1.54, 1.807) is 11.0 Å². The number of carbonyl (C=O) groups excluding carboxylic acids is 1. The Bertz CT molecular complexity index is 988. The van der Waals surface area contributed by atoms with Crippen molar-refractivity contribution in [3.8, 4) is 11.5 Å². The molecule has 0 spiro atoms. The van der Waals surface area contributed by atoms with Crippen molar-refractivity contribution in [1.29, 1.82) is 0 Å². The minimum Gasteiger partial charge on any atom is -0.504 e. The summed E-state index contributed by atoms with van der Waals surface area (Å²) in [4.78, 5) is 20.0. The average Bonchev–Trinajstić information content (AvgIpc) is 3.00. The molecule has 5 nitrogen and oxygen atoms in total. The van der Waals surface area contributed by atoms with Crippen LogP contribution in [0.3, 0.4) is 0 Å². The summed E-state index contributed by atoms with van der Waals surface area (Å²) in [6.45, 7) is 6.91. The highest BCUT2D eigenvalue weighted by atomic mass is 127. The van der Waals surface area contributed by atoms with Crippen molar-refractivity contribution < 1.29 is 14.6 Å². The van der Waals surface area contributed by atoms with Gasteiger partial charge in [0.2, 0.25) is 0 Å². The van der Waals surface area contributed by atoms with Gasteiger partial charge in [0.15, 0.2) is 16.7 Å². The van der Waals surface area contributed by atoms with Crippen LogP contribution in [0, 0.1) is 3.57 Å². The third-order valence-electron chi connectivity index (χ3n) is 4.44. The number of ether oxygens (including phenoxy) is 1. The quantitative estimate of drug-likeness (QED) is 0.398. The summed E-state index contributed by atoms with van der Waals surface area (Å²) in [7, 11) is 0. The van der Waals surface area contributed by atoms with Crippen LogP contribution in [0.15, 0.2) is 46.3 Å². The third kappa shape index (κ3) is 4.78. The Morgan fingerprint density at radius 1 is 1.24 bits per heavy atom. The maximum atomic E-state index is 12.9. The summed E-state index contributed by atoms with van der Waals surface area (Å²) in [6, 6.07) is 11.6. The Labute approximate surface area is 189 Å². The largest absolute Gasteiger partial charge is 0.504 e. The number of hydrogen-bond donors (Lipinski definition) is 1. The van der Waals surface area contributed by atoms with E-state index in [1.165, 1.54) is 11.8 Å². The number of rotatable bonds is 6. The number of amides is 1. The lowest BCUT2D eigenvalue weighted by Gasteiger charge is -2.13. The highest BCUT2D eigenvalue weighted by Gasteiger charge is 2.32. The number of aryl methyl sites for hydroxylation is 1. The van der Waals surface area contributed by atoms with E-state index in [1.807, 2.05) is 44.2 Å². The van der Waals surface area contributed by atoms with Gasteiger partial charge in [0.1, 0.15) is 0 Å². The molecule has 1 amide bonds. The Morgan fingerprint density at radius 2 is 2.00 bits per heavy atom. The van der Waals surface area contributed by atoms with Crippen LogP contribution in [0.2, 0.25) is 0 Å². The lowest BCUT2D eigenvalue weighted by Crippen LogP contribution is -2.28. The number of carbonyl (C=O) groups is 1. The van der Waals surface area contributed by atoms with Gasteiger partial charge in [-0.2, -0.15) is 0 Å². The van der Waals surface area contributed by atoms with Crippen molar-refractivity contribution in [3.63, 3.8) is 0 Å². The number of amidine groups is 1. The molecule has 1 fully saturated rings. The molecule has 0 radical (unpaired) electrons. The number of halogens is 1. The smallest absolute Gasteiger partial charge is 0.266 e. The van der Waals surface area contributed by atoms with Crippen molar-refractivity contribution in [3.05, 3.63) is 56.0 Å². The summed E-state index contributed by atoms with van der Waals surface area (Å²) in [5, 5.41) is 10.8. The molecule has 0 bridgehead atoms. The molecule has 2 aromatic rings. The molecule has 3 rings (SSSR count). The predicted octanol–water partition coefficient (Wildman–Crippen LogP) is 5.58. The lowest BCUT2D eigenvalue weighted by molar-refractivity contribution is -0.122. The van der Waals surface area contributed by atoms with Crippen LogP contribution in [0.5, 0.6) is 11.5 Å². The summed E-state index contributed by atoms with van der Waals surface area (Å²) in [5.41, 5.74) is 2.84. The van der Waals surface area contributed by atoms with E-state index >= 15 is 0 Å². The van der Waals surface area contributed by atoms with Crippen LogP contribution in [-0.4, -0.2) is 34.2 Å². The molecule has 2 aromatic carbocycles. The van der Waals surface area contributed by atoms with Gasteiger partial charge in [-0.15, -0.1) is 0 Å². The number of benzene rings is 2. The van der Waals surface area contributed by atoms with Crippen molar-refractivity contribution in [2.45, 2.75) is 27.2 Å². The predicted molar refractivity (Wildman–Crippen MR) is 128 cm³/mol. The highest BCUT2D eigenvalue weighted by molar-refractivity contribution is 14.1. The number of hydrogen-bond acceptors (Lipinski definition) is 5. The number of phenols is 1. The minimum atomic E-state index is -0.0636. The second kappa shape index (κ2) is 9.67. The molecule has 1 heterocycles. The topological polar surface area (TPSA) is 62.1 Å². The first-order chi connectivity index (χ1) is 14.0. The molecule has 1 N–H and O–H groups in total. The van der Waals surface area contributed by atoms with E-state index in [4.69, 9.17) is 9.73 Å². The maximum Gasteiger partial charge on any atom is 0.266 e. The van der Waals surface area contributed by atoms with E-state index in [2.05, 4.69) is 35.6 Å². The summed E-state index contributed by atoms with van der Waals surface area (Å²) >= 11 is 3.43. The van der Waals surface area contributed by atoms with Crippen LogP contribution in [-0.2, 0) is 11.2 Å². The second-order valence-electron chi connectivity index (χ2n) is 6.32. The van der Waals surface area contributed by atoms with Crippen LogP contribution in [0.1, 0.15) is 31.9 Å². The molecule has 1 saturated heterocycles. The fraction of sp³-hybridized carbons (Fsp3) is 0.273. The van der Waals surface area contributed by atoms with Crippen LogP contribution >= 0.6 is 34.4 Å². The van der Waals surface area contributed by atoms with Gasteiger partial charge in [0.25, 0.3) is 5.91 Å². The molecular formula is C22H23IN2O3S. The molecule has 0 atom stereocenters. The Kier molecular flexibility index (Phi) is 7.23. The van der Waals surface area contributed by atoms with E-state index in [0.29, 0.717) is 32.5 Å². The lowest BCUT2D eigenvalue weighted by atomic mass is 10.1. The second-order valence-corrected chi connectivity index (χ2v) is 8.49. The van der Waals surface area contributed by atoms with Gasteiger partial charge in [0.05, 0.1) is 20.8 Å². The number of phenolic OH excluding ortho intramolecular Hbond substituents is 1. The van der Waals surface area contributed by atoms with Gasteiger partial charge < -0.3 is 9.84 Å². The van der Waals surface area contributed by atoms with E-state index < -0.39 is 0 Å². The van der Waals surface area contributed by atoms with Crippen LogP contribution < -0.4 is 4.74 Å². The average molecular weight is 522 g/mol. The van der Waals surface area contributed by atoms with Gasteiger partial charge in [-0.25, -0.2) is 4.99 Å². The molecule has 0 aromatic heterocycles. The molecule has 1 aliphatic rings. The summed E-state index contributed by atoms with van der Waals surface area (Å²) in [6.07, 6.45) is 2.71. The normalized spacial score (nSPS) is 16.8. The van der Waals surface area contributed by atoms with Crippen molar-refractivity contribution >= 4 is 57.2 Å². The number of thioether (sulfide) groups is 1. The van der Waals surface area contributed by atoms with Crippen molar-refractivity contribution in [2.24, 2.45) is 4.99 Å². The Balaban J connectivity index is 1.98. The highest BCUT2D eigenvalue weighted by Crippen LogP contribution is 2.37. The Morgan fingerprint density at radius 3 is 2.69 bits per heavy atom. The molecule has 1 aliphatic heterocycles. The zero-order chi connectivity index (χ0) is 21.0. The van der Waals surface area contributed by atoms with Gasteiger partial charge in [-0.3, -0.25) is 9.69 Å². The van der Waals surface area contributed by atoms with Crippen molar-refractivity contribution in [1.82, 2.24) is 4.90 Å². The first-order valence-corrected chi connectivity index (χ1v) is 11.4. The molecule has 0 saturated carbocycles. The Hall–Kier alpha value is -2.00. The molecule has 152 valence electrons. The van der Waals surface area contributed by atoms with E-state index in [0.717, 1.165) is 23.2 Å². The number of aliphatic imine (C=N–C) groups is 1. The molecule has 0 unspecified atom stereocenters. The number of likely N-dealkylation sites (N-methyl/N-ethyl adjacent to an activating group) is 1. The monoisotopic (exact) mass is 522 g/mol. The summed E-state index contributed by atoms with van der Waals surface area (Å²) < 4.78 is 6.18. The SMILES string of the molecule is CCOc1cc(/C=C2/SC(=Nc3ccccc3CC)N(CC)C2=O)cc(I)c1O. The van der Waals surface area contributed by atoms with Gasteiger partial charge in [-0.05, 0) is 90.0 Å². The zero-order valence-corrected chi connectivity index (χ0v) is 19.6. The number of aromatic hydroxyl groups is 1. The van der Waals surface area contributed by atoms with Gasteiger partial charge in [-0.1, -0.05) is 25.1 Å². The van der Waals surface area contributed by atoms with Gasteiger partial charge >= 0.3 is 0 Å². The first kappa shape index (κ1) is 21.7. The number of para-hydroxylation sites is 1. The van der Waals surface area contributed by atoms with Crippen LogP contribution in [0.4, 0.5) is 5.69 Å². The fourth-order valence-corrected chi connectivity index (χ4v) is 4.67. The number of nitrogens with zero attached hydrogens (tertiary/aromatic N) is 2. The van der Waals surface area contributed by atoms with E-state index in [-0.39, 0.29) is 11.7 Å².